The third-order valence-corrected chi connectivity index (χ3v) is 5.35. The number of ether oxygens (including phenoxy) is 2. The quantitative estimate of drug-likeness (QED) is 0.364. The zero-order chi connectivity index (χ0) is 19.3. The molecule has 1 fully saturated rings. The largest absolute Gasteiger partial charge is 0.493 e. The summed E-state index contributed by atoms with van der Waals surface area (Å²) in [6, 6.07) is 8.32. The second-order valence-electron chi connectivity index (χ2n) is 7.28. The number of hydrogen-bond donors (Lipinski definition) is 2. The molecule has 2 aromatic rings. The Morgan fingerprint density at radius 1 is 1.24 bits per heavy atom. The molecule has 2 aliphatic rings. The van der Waals surface area contributed by atoms with Crippen molar-refractivity contribution in [3.63, 3.8) is 0 Å². The third-order valence-electron chi connectivity index (χ3n) is 5.35. The molecule has 2 aliphatic heterocycles. The van der Waals surface area contributed by atoms with Crippen molar-refractivity contribution in [2.24, 2.45) is 12.0 Å². The van der Waals surface area contributed by atoms with Gasteiger partial charge >= 0.3 is 0 Å². The molecule has 3 heterocycles. The Bertz CT molecular complexity index is 834. The van der Waals surface area contributed by atoms with Crippen LogP contribution in [-0.2, 0) is 18.3 Å². The number of aliphatic imine (C=N–C) groups is 1. The van der Waals surface area contributed by atoms with Gasteiger partial charge in [-0.15, -0.1) is 34.2 Å². The fourth-order valence-corrected chi connectivity index (χ4v) is 3.56. The van der Waals surface area contributed by atoms with Crippen LogP contribution in [0.2, 0.25) is 0 Å². The van der Waals surface area contributed by atoms with E-state index in [1.807, 2.05) is 36.7 Å². The molecule has 2 atom stereocenters. The van der Waals surface area contributed by atoms with Gasteiger partial charge in [-0.1, -0.05) is 18.2 Å². The fourth-order valence-electron chi connectivity index (χ4n) is 3.56. The summed E-state index contributed by atoms with van der Waals surface area (Å²) in [5, 5.41) is 15.4. The van der Waals surface area contributed by atoms with Gasteiger partial charge in [0.1, 0.15) is 18.1 Å². The van der Waals surface area contributed by atoms with Crippen LogP contribution in [0.25, 0.3) is 0 Å². The molecule has 4 rings (SSSR count). The van der Waals surface area contributed by atoms with Gasteiger partial charge in [-0.3, -0.25) is 0 Å². The van der Waals surface area contributed by atoms with Crippen LogP contribution in [0.4, 0.5) is 0 Å². The van der Waals surface area contributed by atoms with Gasteiger partial charge in [-0.2, -0.15) is 0 Å². The van der Waals surface area contributed by atoms with Gasteiger partial charge in [-0.25, -0.2) is 4.99 Å². The lowest BCUT2D eigenvalue weighted by molar-refractivity contribution is 0.113. The van der Waals surface area contributed by atoms with Crippen molar-refractivity contribution < 1.29 is 9.47 Å². The molecule has 158 valence electrons. The normalized spacial score (nSPS) is 21.1. The Balaban J connectivity index is 0.00000240. The van der Waals surface area contributed by atoms with Crippen LogP contribution >= 0.6 is 24.0 Å². The highest BCUT2D eigenvalue weighted by atomic mass is 127. The van der Waals surface area contributed by atoms with Gasteiger partial charge in [0.25, 0.3) is 0 Å². The number of aromatic nitrogens is 3. The zero-order valence-electron chi connectivity index (χ0n) is 16.9. The van der Waals surface area contributed by atoms with Crippen molar-refractivity contribution in [3.8, 4) is 5.75 Å². The minimum Gasteiger partial charge on any atom is -0.493 e. The van der Waals surface area contributed by atoms with Crippen molar-refractivity contribution in [2.45, 2.75) is 44.9 Å². The maximum atomic E-state index is 5.78. The van der Waals surface area contributed by atoms with E-state index in [-0.39, 0.29) is 36.1 Å². The summed E-state index contributed by atoms with van der Waals surface area (Å²) < 4.78 is 13.5. The van der Waals surface area contributed by atoms with E-state index in [4.69, 9.17) is 14.5 Å². The highest BCUT2D eigenvalue weighted by Gasteiger charge is 2.23. The van der Waals surface area contributed by atoms with E-state index in [1.165, 1.54) is 0 Å². The van der Waals surface area contributed by atoms with E-state index in [0.717, 1.165) is 61.3 Å². The van der Waals surface area contributed by atoms with Gasteiger partial charge in [0.15, 0.2) is 11.8 Å². The SMILES string of the molecule is Cc1nnc(CN=C(NCC2CCCO2)NC2CCOc3ccccc32)n1C.I. The molecule has 0 saturated carbocycles. The van der Waals surface area contributed by atoms with Crippen molar-refractivity contribution in [1.82, 2.24) is 25.4 Å². The topological polar surface area (TPSA) is 85.6 Å². The van der Waals surface area contributed by atoms with Gasteiger partial charge in [0.05, 0.1) is 18.8 Å². The Morgan fingerprint density at radius 2 is 2.10 bits per heavy atom. The first-order valence-electron chi connectivity index (χ1n) is 9.94. The maximum absolute atomic E-state index is 5.78. The molecule has 0 amide bonds. The fraction of sp³-hybridized carbons (Fsp3) is 0.550. The molecular weight excluding hydrogens is 483 g/mol. The molecule has 0 spiro atoms. The first-order chi connectivity index (χ1) is 13.7. The van der Waals surface area contributed by atoms with Crippen LogP contribution < -0.4 is 15.4 Å². The highest BCUT2D eigenvalue weighted by molar-refractivity contribution is 14.0. The van der Waals surface area contributed by atoms with E-state index in [9.17, 15) is 0 Å². The molecule has 2 unspecified atom stereocenters. The molecule has 0 bridgehead atoms. The lowest BCUT2D eigenvalue weighted by atomic mass is 10.0. The number of benzene rings is 1. The second kappa shape index (κ2) is 10.2. The van der Waals surface area contributed by atoms with Crippen molar-refractivity contribution in [3.05, 3.63) is 41.5 Å². The van der Waals surface area contributed by atoms with Crippen LogP contribution in [0.1, 0.15) is 42.5 Å². The number of aryl methyl sites for hydroxylation is 1. The minimum absolute atomic E-state index is 0. The number of para-hydroxylation sites is 1. The second-order valence-corrected chi connectivity index (χ2v) is 7.28. The Morgan fingerprint density at radius 3 is 2.86 bits per heavy atom. The van der Waals surface area contributed by atoms with E-state index in [1.54, 1.807) is 0 Å². The number of fused-ring (bicyclic) bond motifs is 1. The van der Waals surface area contributed by atoms with Crippen LogP contribution in [0.3, 0.4) is 0 Å². The van der Waals surface area contributed by atoms with E-state index >= 15 is 0 Å². The van der Waals surface area contributed by atoms with Crippen molar-refractivity contribution in [1.29, 1.82) is 0 Å². The molecule has 0 radical (unpaired) electrons. The number of nitrogens with zero attached hydrogens (tertiary/aromatic N) is 4. The summed E-state index contributed by atoms with van der Waals surface area (Å²) in [5.74, 6) is 3.42. The summed E-state index contributed by atoms with van der Waals surface area (Å²) in [4.78, 5) is 4.77. The number of nitrogens with one attached hydrogen (secondary N) is 2. The average molecular weight is 512 g/mol. The molecule has 2 N–H and O–H groups in total. The van der Waals surface area contributed by atoms with E-state index < -0.39 is 0 Å². The monoisotopic (exact) mass is 512 g/mol. The Labute approximate surface area is 188 Å². The minimum atomic E-state index is 0. The Hall–Kier alpha value is -1.88. The Kier molecular flexibility index (Phi) is 7.70. The summed E-state index contributed by atoms with van der Waals surface area (Å²) in [6.07, 6.45) is 3.34. The molecule has 1 aromatic carbocycles. The van der Waals surface area contributed by atoms with Gasteiger partial charge in [0.2, 0.25) is 0 Å². The molecule has 0 aliphatic carbocycles. The van der Waals surface area contributed by atoms with Crippen LogP contribution in [0.5, 0.6) is 5.75 Å². The zero-order valence-corrected chi connectivity index (χ0v) is 19.3. The molecule has 1 saturated heterocycles. The lowest BCUT2D eigenvalue weighted by Crippen LogP contribution is -2.43. The summed E-state index contributed by atoms with van der Waals surface area (Å²) >= 11 is 0. The molecule has 1 aromatic heterocycles. The number of hydrogen-bond acceptors (Lipinski definition) is 5. The van der Waals surface area contributed by atoms with Gasteiger partial charge in [-0.05, 0) is 25.8 Å². The first-order valence-corrected chi connectivity index (χ1v) is 9.94. The molecular formula is C20H29IN6O2. The summed E-state index contributed by atoms with van der Waals surface area (Å²) in [7, 11) is 1.96. The lowest BCUT2D eigenvalue weighted by Gasteiger charge is -2.28. The van der Waals surface area contributed by atoms with Crippen molar-refractivity contribution >= 4 is 29.9 Å². The maximum Gasteiger partial charge on any atom is 0.192 e. The highest BCUT2D eigenvalue weighted by Crippen LogP contribution is 2.31. The third kappa shape index (κ3) is 5.39. The van der Waals surface area contributed by atoms with Gasteiger partial charge < -0.3 is 24.7 Å². The standard InChI is InChI=1S/C20H28N6O2.HI/c1-14-24-25-19(26(14)2)13-22-20(21-12-15-6-5-10-27-15)23-17-9-11-28-18-8-4-3-7-16(17)18;/h3-4,7-8,15,17H,5-6,9-13H2,1-2H3,(H2,21,22,23);1H. The number of guanidine groups is 1. The predicted octanol–water partition coefficient (Wildman–Crippen LogP) is 2.48. The van der Waals surface area contributed by atoms with Crippen molar-refractivity contribution in [2.75, 3.05) is 19.8 Å². The van der Waals surface area contributed by atoms with E-state index in [0.29, 0.717) is 13.2 Å². The first kappa shape index (κ1) is 21.8. The predicted molar refractivity (Wildman–Crippen MR) is 122 cm³/mol. The van der Waals surface area contributed by atoms with Crippen LogP contribution in [0.15, 0.2) is 29.3 Å². The molecule has 8 nitrogen and oxygen atoms in total. The van der Waals surface area contributed by atoms with Crippen LogP contribution in [-0.4, -0.2) is 46.6 Å². The molecule has 9 heteroatoms. The number of halogens is 1. The summed E-state index contributed by atoms with van der Waals surface area (Å²) in [6.45, 7) is 4.68. The number of rotatable bonds is 5. The summed E-state index contributed by atoms with van der Waals surface area (Å²) in [5.41, 5.74) is 1.16. The van der Waals surface area contributed by atoms with E-state index in [2.05, 4.69) is 26.9 Å². The van der Waals surface area contributed by atoms with Gasteiger partial charge in [0, 0.05) is 32.2 Å². The van der Waals surface area contributed by atoms with Crippen LogP contribution in [0, 0.1) is 6.92 Å². The smallest absolute Gasteiger partial charge is 0.192 e. The molecule has 29 heavy (non-hydrogen) atoms. The average Bonchev–Trinajstić information content (AvgIpc) is 3.35.